The molecular formula is C36H55N7O33P6. The zero-order chi connectivity index (χ0) is 62.9. The minimum absolute atomic E-state index is 0.117. The molecule has 0 unspecified atom stereocenters. The number of phosphoric acid groups is 6. The van der Waals surface area contributed by atoms with Crippen molar-refractivity contribution in [2.45, 2.75) is 87.6 Å². The molecule has 2 aromatic rings. The highest BCUT2D eigenvalue weighted by Gasteiger charge is 2.40. The van der Waals surface area contributed by atoms with Crippen molar-refractivity contribution < 1.29 is 157 Å². The van der Waals surface area contributed by atoms with E-state index in [9.17, 15) is 110 Å². The predicted molar refractivity (Wildman–Crippen MR) is 264 cm³/mol. The SMILES string of the molecule is C[C@@H](OP(=O)(O)O)[C@H](N)C(=O)N[C@@H](Cc1ccccc1)C(=O)N[C@H](C(=O)N[C@@H](COP(=O)(O)O)C(=O)N[C@@H](CC(=O)OP(=O)(O)O)C(=O)N[C@@H](Cc1ccc(OP(=O)(O)O)cc1)C(=O)N[C@@H](COP(=O)(O)O)C(=O)O)[C@@H](C)OP(=O)(O)O. The van der Waals surface area contributed by atoms with Crippen molar-refractivity contribution in [3.05, 3.63) is 65.7 Å². The van der Waals surface area contributed by atoms with E-state index in [-0.39, 0.29) is 11.1 Å². The molecule has 21 N–H and O–H groups in total. The van der Waals surface area contributed by atoms with Crippen molar-refractivity contribution >= 4 is 94.3 Å². The third-order valence-corrected chi connectivity index (χ3v) is 13.0. The van der Waals surface area contributed by atoms with E-state index < -0.39 is 187 Å². The van der Waals surface area contributed by atoms with Crippen molar-refractivity contribution in [2.75, 3.05) is 13.2 Å². The zero-order valence-corrected chi connectivity index (χ0v) is 47.0. The number of rotatable bonds is 34. The fraction of sp³-hybridized carbons (Fsp3) is 0.444. The molecule has 46 heteroatoms. The smallest absolute Gasteiger partial charge is 0.480 e. The number of carboxylic acids is 1. The van der Waals surface area contributed by atoms with Gasteiger partial charge in [-0.2, -0.15) is 0 Å². The molecule has 0 spiro atoms. The lowest BCUT2D eigenvalue weighted by molar-refractivity contribution is -0.144. The van der Waals surface area contributed by atoms with Crippen molar-refractivity contribution in [3.8, 4) is 5.75 Å². The number of nitrogens with one attached hydrogen (secondary N) is 6. The third-order valence-electron chi connectivity index (χ3n) is 9.89. The Bertz CT molecular complexity index is 2890. The maximum absolute atomic E-state index is 14.1. The van der Waals surface area contributed by atoms with Crippen LogP contribution in [0.1, 0.15) is 31.4 Å². The zero-order valence-electron chi connectivity index (χ0n) is 41.7. The largest absolute Gasteiger partial charge is 0.526 e. The van der Waals surface area contributed by atoms with Crippen LogP contribution in [-0.2, 0) is 101 Å². The van der Waals surface area contributed by atoms with Gasteiger partial charge in [0.15, 0.2) is 6.04 Å². The summed E-state index contributed by atoms with van der Waals surface area (Å²) in [6.45, 7) is -1.49. The second-order valence-electron chi connectivity index (χ2n) is 16.6. The predicted octanol–water partition coefficient (Wildman–Crippen LogP) is -5.50. The van der Waals surface area contributed by atoms with Gasteiger partial charge in [0.2, 0.25) is 35.4 Å². The van der Waals surface area contributed by atoms with Crippen LogP contribution in [0, 0.1) is 0 Å². The monoisotopic (exact) mass is 1300 g/mol. The highest BCUT2D eigenvalue weighted by molar-refractivity contribution is 7.47. The molecule has 462 valence electrons. The van der Waals surface area contributed by atoms with E-state index >= 15 is 0 Å². The van der Waals surface area contributed by atoms with Crippen LogP contribution >= 0.6 is 46.9 Å². The Kier molecular flexibility index (Phi) is 27.5. The molecule has 2 aromatic carbocycles. The lowest BCUT2D eigenvalue weighted by Crippen LogP contribution is -2.63. The molecular weight excluding hydrogens is 1240 g/mol. The van der Waals surface area contributed by atoms with E-state index in [4.69, 9.17) is 25.3 Å². The van der Waals surface area contributed by atoms with E-state index in [2.05, 4.69) is 32.5 Å². The van der Waals surface area contributed by atoms with Crippen LogP contribution < -0.4 is 42.2 Å². The Labute approximate surface area is 459 Å². The molecule has 0 aromatic heterocycles. The van der Waals surface area contributed by atoms with E-state index in [0.29, 0.717) is 0 Å². The average Bonchev–Trinajstić information content (AvgIpc) is 3.30. The Morgan fingerprint density at radius 2 is 0.866 bits per heavy atom. The Morgan fingerprint density at radius 3 is 1.33 bits per heavy atom. The van der Waals surface area contributed by atoms with Crippen LogP contribution in [0.5, 0.6) is 5.75 Å². The Balaban J connectivity index is 2.74. The van der Waals surface area contributed by atoms with Gasteiger partial charge in [-0.25, -0.2) is 32.2 Å². The van der Waals surface area contributed by atoms with Crippen LogP contribution in [-0.4, -0.2) is 179 Å². The highest BCUT2D eigenvalue weighted by Crippen LogP contribution is 2.41. The number of carbonyl (C=O) groups excluding carboxylic acids is 7. The van der Waals surface area contributed by atoms with Gasteiger partial charge in [-0.1, -0.05) is 42.5 Å². The molecule has 40 nitrogen and oxygen atoms in total. The summed E-state index contributed by atoms with van der Waals surface area (Å²) < 4.78 is 95.4. The second-order valence-corrected chi connectivity index (χ2v) is 23.8. The number of amides is 6. The number of hydrogen-bond donors (Lipinski definition) is 20. The van der Waals surface area contributed by atoms with Crippen molar-refractivity contribution in [2.24, 2.45) is 5.73 Å². The number of carbonyl (C=O) groups is 8. The van der Waals surface area contributed by atoms with Crippen molar-refractivity contribution in [1.82, 2.24) is 31.9 Å². The van der Waals surface area contributed by atoms with Crippen LogP contribution in [0.3, 0.4) is 0 Å². The molecule has 9 atom stereocenters. The van der Waals surface area contributed by atoms with Gasteiger partial charge in [0.25, 0.3) is 0 Å². The lowest BCUT2D eigenvalue weighted by Gasteiger charge is -2.30. The quantitative estimate of drug-likeness (QED) is 0.0291. The van der Waals surface area contributed by atoms with Gasteiger partial charge in [-0.3, -0.25) is 71.2 Å². The van der Waals surface area contributed by atoms with Crippen LogP contribution in [0.15, 0.2) is 54.6 Å². The molecule has 0 bridgehead atoms. The van der Waals surface area contributed by atoms with Gasteiger partial charge in [-0.05, 0) is 37.1 Å². The first kappa shape index (κ1) is 72.8. The Hall–Kier alpha value is -5.30. The van der Waals surface area contributed by atoms with Gasteiger partial charge in [-0.15, -0.1) is 0 Å². The van der Waals surface area contributed by atoms with E-state index in [1.54, 1.807) is 16.0 Å². The van der Waals surface area contributed by atoms with E-state index in [1.807, 2.05) is 10.6 Å². The molecule has 0 heterocycles. The van der Waals surface area contributed by atoms with Crippen LogP contribution in [0.25, 0.3) is 0 Å². The summed E-state index contributed by atoms with van der Waals surface area (Å²) in [6.07, 6.45) is -7.08. The van der Waals surface area contributed by atoms with Crippen molar-refractivity contribution in [1.29, 1.82) is 0 Å². The van der Waals surface area contributed by atoms with Crippen molar-refractivity contribution in [3.63, 3.8) is 0 Å². The summed E-state index contributed by atoms with van der Waals surface area (Å²) in [5.74, 6) is -14.5. The topological polar surface area (TPSA) is 656 Å². The highest BCUT2D eigenvalue weighted by atomic mass is 31.2. The summed E-state index contributed by atoms with van der Waals surface area (Å²) >= 11 is 0. The second kappa shape index (κ2) is 31.0. The van der Waals surface area contributed by atoms with Crippen LogP contribution in [0.4, 0.5) is 0 Å². The summed E-state index contributed by atoms with van der Waals surface area (Å²) in [4.78, 5) is 220. The first-order chi connectivity index (χ1) is 37.3. The number of aliphatic carboxylic acids is 1. The molecule has 6 amide bonds. The van der Waals surface area contributed by atoms with Gasteiger partial charge in [0, 0.05) is 12.8 Å². The number of carboxylic acid groups (broad SMARTS) is 1. The summed E-state index contributed by atoms with van der Waals surface area (Å²) in [5.41, 5.74) is 5.94. The van der Waals surface area contributed by atoms with E-state index in [0.717, 1.165) is 38.1 Å². The summed E-state index contributed by atoms with van der Waals surface area (Å²) in [7, 11) is -33.1. The standard InChI is InChI=1S/C36H55N7O33P6/c1-17(73-79(59,60)61)28(37)34(49)40-23(12-19-6-4-3-5-7-19)32(47)43-29(18(2)74-80(62,63)64)35(50)41-25(15-71-77(53,54)55)33(48)39-24(14-27(44)76-82(68,69)70)31(46)38-22(13-20-8-10-21(11-9-20)75-81(65,66)67)30(45)42-26(36(51)52)16-72-78(56,57)58/h3-11,17-18,22-26,28-29H,12-16,37H2,1-2H3,(H,38,46)(H,39,48)(H,40,49)(H,41,50)(H,42,45)(H,43,47)(H,51,52)(H2,53,54,55)(H2,56,57,58)(H2,59,60,61)(H2,62,63,64)(H2,65,66,67)(H2,68,69,70)/t17-,18-,22+,23+,24+,25+,26+,28+,29+/m1/s1. The lowest BCUT2D eigenvalue weighted by atomic mass is 10.0. The number of phosphoric ester groups is 6. The minimum Gasteiger partial charge on any atom is -0.480 e. The fourth-order valence-electron chi connectivity index (χ4n) is 6.34. The Morgan fingerprint density at radius 1 is 0.463 bits per heavy atom. The van der Waals surface area contributed by atoms with E-state index in [1.165, 1.54) is 30.3 Å². The summed E-state index contributed by atoms with van der Waals surface area (Å²) in [5, 5.41) is 20.9. The summed E-state index contributed by atoms with van der Waals surface area (Å²) in [6, 6.07) is -5.20. The number of hydrogen-bond acceptors (Lipinski definition) is 21. The third kappa shape index (κ3) is 29.8. The number of nitrogens with two attached hydrogens (primary N) is 1. The first-order valence-electron chi connectivity index (χ1n) is 22.1. The van der Waals surface area contributed by atoms with Crippen LogP contribution in [0.2, 0.25) is 0 Å². The van der Waals surface area contributed by atoms with Gasteiger partial charge in [0.1, 0.15) is 42.0 Å². The van der Waals surface area contributed by atoms with Gasteiger partial charge < -0.3 is 90.9 Å². The molecule has 82 heavy (non-hydrogen) atoms. The van der Waals surface area contributed by atoms with Gasteiger partial charge >= 0.3 is 58.9 Å². The maximum Gasteiger partial charge on any atom is 0.526 e. The minimum atomic E-state index is -5.83. The molecule has 0 aliphatic carbocycles. The average molecular weight is 1300 g/mol. The number of benzene rings is 2. The normalized spacial score (nSPS) is 15.7. The maximum atomic E-state index is 14.1. The molecule has 0 aliphatic rings. The molecule has 0 fully saturated rings. The molecule has 0 radical (unpaired) electrons. The molecule has 0 saturated carbocycles. The fourth-order valence-corrected chi connectivity index (χ4v) is 8.89. The molecule has 0 saturated heterocycles. The first-order valence-corrected chi connectivity index (χ1v) is 31.3. The molecule has 2 rings (SSSR count). The molecule has 0 aliphatic heterocycles. The van der Waals surface area contributed by atoms with Gasteiger partial charge in [0.05, 0.1) is 31.8 Å².